The van der Waals surface area contributed by atoms with E-state index in [2.05, 4.69) is 12.1 Å². The molecule has 0 amide bonds. The van der Waals surface area contributed by atoms with Crippen molar-refractivity contribution in [2.24, 2.45) is 5.73 Å². The Morgan fingerprint density at radius 2 is 1.65 bits per heavy atom. The Kier molecular flexibility index (Phi) is 6.29. The van der Waals surface area contributed by atoms with Crippen LogP contribution in [0.2, 0.25) is 0 Å². The van der Waals surface area contributed by atoms with Crippen LogP contribution in [-0.4, -0.2) is 27.4 Å². The van der Waals surface area contributed by atoms with Gasteiger partial charge in [-0.25, -0.2) is 0 Å². The molecule has 0 saturated carbocycles. The number of ether oxygens (including phenoxy) is 3. The molecule has 0 aliphatic rings. The quantitative estimate of drug-likeness (QED) is 0.811. The highest BCUT2D eigenvalue weighted by Crippen LogP contribution is 2.30. The Balaban J connectivity index is 2.18. The molecule has 0 bridgehead atoms. The molecule has 0 aliphatic carbocycles. The highest BCUT2D eigenvalue weighted by Gasteiger charge is 2.14. The maximum Gasteiger partial charge on any atom is 0.125 e. The van der Waals surface area contributed by atoms with E-state index in [0.29, 0.717) is 13.2 Å². The fourth-order valence-electron chi connectivity index (χ4n) is 2.63. The summed E-state index contributed by atoms with van der Waals surface area (Å²) in [5, 5.41) is 0. The van der Waals surface area contributed by atoms with E-state index in [1.54, 1.807) is 14.2 Å². The van der Waals surface area contributed by atoms with Crippen molar-refractivity contribution in [1.82, 2.24) is 0 Å². The molecule has 0 spiro atoms. The monoisotopic (exact) mass is 315 g/mol. The molecular formula is C19H25NO3. The molecule has 2 aromatic carbocycles. The molecule has 2 rings (SSSR count). The van der Waals surface area contributed by atoms with Gasteiger partial charge in [-0.3, -0.25) is 0 Å². The summed E-state index contributed by atoms with van der Waals surface area (Å²) in [5.41, 5.74) is 8.33. The molecule has 2 aromatic rings. The molecule has 0 aliphatic heterocycles. The fraction of sp³-hybridized carbons (Fsp3) is 0.368. The average molecular weight is 315 g/mol. The molecule has 0 saturated heterocycles. The SMILES string of the molecule is CCOc1ccc(C(CN)Cc2ccc(OC)cc2OC)cc1. The third-order valence-electron chi connectivity index (χ3n) is 3.91. The number of nitrogens with two attached hydrogens (primary N) is 1. The van der Waals surface area contributed by atoms with Gasteiger partial charge in [-0.2, -0.15) is 0 Å². The lowest BCUT2D eigenvalue weighted by atomic mass is 9.91. The van der Waals surface area contributed by atoms with Crippen LogP contribution in [0.25, 0.3) is 0 Å². The van der Waals surface area contributed by atoms with Gasteiger partial charge in [-0.1, -0.05) is 18.2 Å². The van der Waals surface area contributed by atoms with Crippen LogP contribution in [0.4, 0.5) is 0 Å². The van der Waals surface area contributed by atoms with Gasteiger partial charge >= 0.3 is 0 Å². The van der Waals surface area contributed by atoms with Crippen molar-refractivity contribution < 1.29 is 14.2 Å². The Bertz CT molecular complexity index is 611. The number of hydrogen-bond donors (Lipinski definition) is 1. The predicted octanol–water partition coefficient (Wildman–Crippen LogP) is 3.39. The predicted molar refractivity (Wildman–Crippen MR) is 92.7 cm³/mol. The van der Waals surface area contributed by atoms with Gasteiger partial charge in [0.25, 0.3) is 0 Å². The molecule has 23 heavy (non-hydrogen) atoms. The zero-order chi connectivity index (χ0) is 16.7. The molecule has 0 aromatic heterocycles. The van der Waals surface area contributed by atoms with E-state index in [4.69, 9.17) is 19.9 Å². The van der Waals surface area contributed by atoms with Gasteiger partial charge in [0.05, 0.1) is 20.8 Å². The van der Waals surface area contributed by atoms with Gasteiger partial charge in [0.15, 0.2) is 0 Å². The van der Waals surface area contributed by atoms with Crippen molar-refractivity contribution in [1.29, 1.82) is 0 Å². The number of hydrogen-bond acceptors (Lipinski definition) is 4. The van der Waals surface area contributed by atoms with E-state index < -0.39 is 0 Å². The van der Waals surface area contributed by atoms with Crippen LogP contribution in [-0.2, 0) is 6.42 Å². The van der Waals surface area contributed by atoms with Gasteiger partial charge in [-0.05, 0) is 49.2 Å². The normalized spacial score (nSPS) is 11.8. The lowest BCUT2D eigenvalue weighted by Gasteiger charge is -2.18. The Morgan fingerprint density at radius 1 is 0.957 bits per heavy atom. The number of benzene rings is 2. The van der Waals surface area contributed by atoms with E-state index in [1.807, 2.05) is 37.3 Å². The molecule has 124 valence electrons. The maximum absolute atomic E-state index is 6.00. The molecule has 2 N–H and O–H groups in total. The average Bonchev–Trinajstić information content (AvgIpc) is 2.60. The molecular weight excluding hydrogens is 290 g/mol. The first kappa shape index (κ1) is 17.2. The molecule has 0 fully saturated rings. The number of rotatable bonds is 8. The van der Waals surface area contributed by atoms with E-state index in [-0.39, 0.29) is 5.92 Å². The van der Waals surface area contributed by atoms with Crippen LogP contribution in [0.5, 0.6) is 17.2 Å². The van der Waals surface area contributed by atoms with Gasteiger partial charge < -0.3 is 19.9 Å². The van der Waals surface area contributed by atoms with Crippen LogP contribution < -0.4 is 19.9 Å². The van der Waals surface area contributed by atoms with Crippen molar-refractivity contribution in [3.63, 3.8) is 0 Å². The lowest BCUT2D eigenvalue weighted by Crippen LogP contribution is -2.15. The third kappa shape index (κ3) is 4.39. The van der Waals surface area contributed by atoms with E-state index >= 15 is 0 Å². The Labute approximate surface area is 138 Å². The van der Waals surface area contributed by atoms with Gasteiger partial charge in [0.1, 0.15) is 17.2 Å². The molecule has 0 heterocycles. The largest absolute Gasteiger partial charge is 0.497 e. The molecule has 4 nitrogen and oxygen atoms in total. The fourth-order valence-corrected chi connectivity index (χ4v) is 2.63. The summed E-state index contributed by atoms with van der Waals surface area (Å²) in [6.45, 7) is 3.22. The summed E-state index contributed by atoms with van der Waals surface area (Å²) in [7, 11) is 3.32. The smallest absolute Gasteiger partial charge is 0.125 e. The zero-order valence-corrected chi connectivity index (χ0v) is 14.0. The highest BCUT2D eigenvalue weighted by atomic mass is 16.5. The first-order valence-electron chi connectivity index (χ1n) is 7.85. The minimum Gasteiger partial charge on any atom is -0.497 e. The van der Waals surface area contributed by atoms with Crippen LogP contribution in [0, 0.1) is 0 Å². The Morgan fingerprint density at radius 3 is 2.22 bits per heavy atom. The van der Waals surface area contributed by atoms with Crippen molar-refractivity contribution >= 4 is 0 Å². The first-order valence-corrected chi connectivity index (χ1v) is 7.85. The van der Waals surface area contributed by atoms with Crippen molar-refractivity contribution in [2.75, 3.05) is 27.4 Å². The van der Waals surface area contributed by atoms with Crippen LogP contribution >= 0.6 is 0 Å². The minimum absolute atomic E-state index is 0.230. The summed E-state index contributed by atoms with van der Waals surface area (Å²) in [4.78, 5) is 0. The van der Waals surface area contributed by atoms with Crippen molar-refractivity contribution in [3.8, 4) is 17.2 Å². The zero-order valence-electron chi connectivity index (χ0n) is 14.0. The first-order chi connectivity index (χ1) is 11.2. The standard InChI is InChI=1S/C19H25NO3/c1-4-23-17-8-5-14(6-9-17)16(13-20)11-15-7-10-18(21-2)12-19(15)22-3/h5-10,12,16H,4,11,13,20H2,1-3H3. The maximum atomic E-state index is 6.00. The molecule has 1 atom stereocenters. The topological polar surface area (TPSA) is 53.7 Å². The van der Waals surface area contributed by atoms with Crippen LogP contribution in [0.3, 0.4) is 0 Å². The lowest BCUT2D eigenvalue weighted by molar-refractivity contribution is 0.340. The summed E-state index contributed by atoms with van der Waals surface area (Å²) in [6, 6.07) is 14.0. The highest BCUT2D eigenvalue weighted by molar-refractivity contribution is 5.42. The molecule has 4 heteroatoms. The van der Waals surface area contributed by atoms with E-state index in [0.717, 1.165) is 29.2 Å². The van der Waals surface area contributed by atoms with Crippen molar-refractivity contribution in [3.05, 3.63) is 53.6 Å². The van der Waals surface area contributed by atoms with Gasteiger partial charge in [-0.15, -0.1) is 0 Å². The third-order valence-corrected chi connectivity index (χ3v) is 3.91. The second kappa shape index (κ2) is 8.44. The molecule has 1 unspecified atom stereocenters. The Hall–Kier alpha value is -2.20. The summed E-state index contributed by atoms with van der Waals surface area (Å²) >= 11 is 0. The van der Waals surface area contributed by atoms with E-state index in [9.17, 15) is 0 Å². The minimum atomic E-state index is 0.230. The van der Waals surface area contributed by atoms with Crippen LogP contribution in [0.15, 0.2) is 42.5 Å². The summed E-state index contributed by atoms with van der Waals surface area (Å²) in [5.74, 6) is 2.73. The summed E-state index contributed by atoms with van der Waals surface area (Å²) in [6.07, 6.45) is 0.817. The van der Waals surface area contributed by atoms with Crippen LogP contribution in [0.1, 0.15) is 24.0 Å². The van der Waals surface area contributed by atoms with Crippen molar-refractivity contribution in [2.45, 2.75) is 19.3 Å². The van der Waals surface area contributed by atoms with E-state index in [1.165, 1.54) is 5.56 Å². The molecule has 0 radical (unpaired) electrons. The second-order valence-corrected chi connectivity index (χ2v) is 5.32. The van der Waals surface area contributed by atoms with Gasteiger partial charge in [0.2, 0.25) is 0 Å². The van der Waals surface area contributed by atoms with Gasteiger partial charge in [0, 0.05) is 12.0 Å². The number of methoxy groups -OCH3 is 2. The summed E-state index contributed by atoms with van der Waals surface area (Å²) < 4.78 is 16.2. The second-order valence-electron chi connectivity index (χ2n) is 5.32.